The summed E-state index contributed by atoms with van der Waals surface area (Å²) >= 11 is 0. The van der Waals surface area contributed by atoms with Crippen molar-refractivity contribution in [1.29, 1.82) is 0 Å². The number of fused-ring (bicyclic) bond motifs is 8. The summed E-state index contributed by atoms with van der Waals surface area (Å²) in [6.07, 6.45) is 0. The Hall–Kier alpha value is -6.10. The molecule has 1 aliphatic rings. The lowest BCUT2D eigenvalue weighted by atomic mass is 10.0. The lowest BCUT2D eigenvalue weighted by Gasteiger charge is -2.40. The van der Waals surface area contributed by atoms with Crippen molar-refractivity contribution in [1.82, 2.24) is 9.05 Å². The van der Waals surface area contributed by atoms with Gasteiger partial charge in [0, 0.05) is 63.6 Å². The van der Waals surface area contributed by atoms with Crippen LogP contribution < -0.4 is 9.22 Å². The van der Waals surface area contributed by atoms with Crippen LogP contribution in [0.2, 0.25) is 0 Å². The van der Waals surface area contributed by atoms with E-state index in [-0.39, 0.29) is 0 Å². The number of rotatable bonds is 3. The van der Waals surface area contributed by atoms with E-state index in [1.807, 2.05) is 12.1 Å². The number of ether oxygens (including phenoxy) is 1. The highest BCUT2D eigenvalue weighted by molar-refractivity contribution is 6.11. The van der Waals surface area contributed by atoms with Crippen molar-refractivity contribution >= 4 is 66.5 Å². The Kier molecular flexibility index (Phi) is 5.19. The minimum absolute atomic E-state index is 0.391. The number of aromatic nitrogens is 1. The van der Waals surface area contributed by atoms with Crippen molar-refractivity contribution in [2.75, 3.05) is 0 Å². The highest BCUT2D eigenvalue weighted by Crippen LogP contribution is 2.61. The smallest absolute Gasteiger partial charge is 0.191 e. The fourth-order valence-electron chi connectivity index (χ4n) is 7.55. The maximum absolute atomic E-state index is 6.51. The van der Waals surface area contributed by atoms with Crippen LogP contribution in [0, 0.1) is 0 Å². The van der Waals surface area contributed by atoms with Gasteiger partial charge in [-0.3, -0.25) is 0 Å². The second kappa shape index (κ2) is 9.45. The standard InChI is InChI=1S/C42H27N2O2/c1-2-12-29(13-3-1)44(37-18-8-10-20-41(37)46-42-21-11-9-19-38(42)44)30-23-25-40-34(27-30)33-26-28(22-24-39(33)45-40)43-35-16-6-4-14-31(35)32-15-5-7-17-36(32)43/h1-27H/q+1. The molecule has 0 N–H and O–H groups in total. The van der Waals surface area contributed by atoms with E-state index in [1.54, 1.807) is 0 Å². The van der Waals surface area contributed by atoms with Gasteiger partial charge in [0.25, 0.3) is 0 Å². The molecule has 7 aromatic carbocycles. The first-order chi connectivity index (χ1) is 22.8. The first-order valence-electron chi connectivity index (χ1n) is 15.6. The predicted octanol–water partition coefficient (Wildman–Crippen LogP) is 12.1. The van der Waals surface area contributed by atoms with Gasteiger partial charge in [-0.2, -0.15) is 4.48 Å². The van der Waals surface area contributed by atoms with Crippen LogP contribution in [0.4, 0.5) is 22.7 Å². The average molecular weight is 592 g/mol. The molecule has 0 saturated heterocycles. The van der Waals surface area contributed by atoms with Crippen LogP contribution in [0.3, 0.4) is 0 Å². The summed E-state index contributed by atoms with van der Waals surface area (Å²) < 4.78 is 15.7. The van der Waals surface area contributed by atoms with Crippen LogP contribution in [0.5, 0.6) is 11.5 Å². The van der Waals surface area contributed by atoms with Crippen LogP contribution >= 0.6 is 0 Å². The highest BCUT2D eigenvalue weighted by atomic mass is 16.5. The van der Waals surface area contributed by atoms with Gasteiger partial charge in [-0.25, -0.2) is 0 Å². The maximum atomic E-state index is 6.51. The molecular weight excluding hydrogens is 564 g/mol. The van der Waals surface area contributed by atoms with Gasteiger partial charge in [0.15, 0.2) is 22.9 Å². The van der Waals surface area contributed by atoms with E-state index in [4.69, 9.17) is 9.15 Å². The zero-order valence-corrected chi connectivity index (χ0v) is 24.8. The molecule has 0 atom stereocenters. The number of quaternary nitrogens is 1. The van der Waals surface area contributed by atoms with Gasteiger partial charge >= 0.3 is 0 Å². The Bertz CT molecular complexity index is 2530. The number of nitrogens with zero attached hydrogens (tertiary/aromatic N) is 2. The molecule has 3 heterocycles. The summed E-state index contributed by atoms with van der Waals surface area (Å²) in [5.74, 6) is 1.69. The van der Waals surface area contributed by atoms with Crippen molar-refractivity contribution in [3.05, 3.63) is 164 Å². The zero-order valence-electron chi connectivity index (χ0n) is 24.8. The quantitative estimate of drug-likeness (QED) is 0.191. The number of benzene rings is 7. The van der Waals surface area contributed by atoms with E-state index in [2.05, 4.69) is 156 Å². The van der Waals surface area contributed by atoms with Crippen molar-refractivity contribution in [2.24, 2.45) is 0 Å². The normalized spacial score (nSPS) is 13.6. The number of hydrogen-bond donors (Lipinski definition) is 0. The molecule has 216 valence electrons. The average Bonchev–Trinajstić information content (AvgIpc) is 3.66. The van der Waals surface area contributed by atoms with Gasteiger partial charge < -0.3 is 13.7 Å². The molecule has 0 unspecified atom stereocenters. The second-order valence-electron chi connectivity index (χ2n) is 11.9. The maximum Gasteiger partial charge on any atom is 0.191 e. The minimum atomic E-state index is 0.391. The predicted molar refractivity (Wildman–Crippen MR) is 188 cm³/mol. The first-order valence-corrected chi connectivity index (χ1v) is 15.6. The largest absolute Gasteiger partial charge is 0.456 e. The van der Waals surface area contributed by atoms with Crippen LogP contribution in [0.25, 0.3) is 49.4 Å². The van der Waals surface area contributed by atoms with Crippen molar-refractivity contribution < 1.29 is 9.15 Å². The molecule has 10 rings (SSSR count). The summed E-state index contributed by atoms with van der Waals surface area (Å²) in [7, 11) is 0. The van der Waals surface area contributed by atoms with Crippen molar-refractivity contribution in [2.45, 2.75) is 0 Å². The Morgan fingerprint density at radius 2 is 0.957 bits per heavy atom. The van der Waals surface area contributed by atoms with Gasteiger partial charge in [-0.1, -0.05) is 78.9 Å². The number of para-hydroxylation sites is 7. The Morgan fingerprint density at radius 3 is 1.63 bits per heavy atom. The molecule has 4 nitrogen and oxygen atoms in total. The van der Waals surface area contributed by atoms with Gasteiger partial charge in [0.2, 0.25) is 0 Å². The summed E-state index contributed by atoms with van der Waals surface area (Å²) in [6.45, 7) is 0. The molecule has 0 saturated carbocycles. The van der Waals surface area contributed by atoms with Crippen LogP contribution in [-0.2, 0) is 0 Å². The lowest BCUT2D eigenvalue weighted by molar-refractivity contribution is 0.442. The molecule has 0 spiro atoms. The fourth-order valence-corrected chi connectivity index (χ4v) is 7.55. The lowest BCUT2D eigenvalue weighted by Crippen LogP contribution is -2.35. The van der Waals surface area contributed by atoms with Crippen molar-refractivity contribution in [3.63, 3.8) is 0 Å². The topological polar surface area (TPSA) is 27.3 Å². The summed E-state index contributed by atoms with van der Waals surface area (Å²) in [5, 5.41) is 4.65. The van der Waals surface area contributed by atoms with Crippen LogP contribution in [-0.4, -0.2) is 4.57 Å². The SMILES string of the molecule is c1ccc([N+]2(c3ccc4oc5ccc(-n6c7ccccc7c7ccccc76)cc5c4c3)c3ccccc3Oc3ccccc32)cc1. The van der Waals surface area contributed by atoms with E-state index in [0.29, 0.717) is 4.48 Å². The summed E-state index contributed by atoms with van der Waals surface area (Å²) in [6, 6.07) is 57.9. The van der Waals surface area contributed by atoms with Gasteiger partial charge in [-0.05, 0) is 48.5 Å². The Labute approximate surface area is 265 Å². The summed E-state index contributed by atoms with van der Waals surface area (Å²) in [5.41, 5.74) is 9.56. The Morgan fingerprint density at radius 1 is 0.413 bits per heavy atom. The third kappa shape index (κ3) is 3.36. The third-order valence-electron chi connectivity index (χ3n) is 9.48. The first kappa shape index (κ1) is 25.2. The van der Waals surface area contributed by atoms with Crippen LogP contribution in [0.1, 0.15) is 0 Å². The second-order valence-corrected chi connectivity index (χ2v) is 11.9. The molecular formula is C42H27N2O2+. The molecule has 9 aromatic rings. The third-order valence-corrected chi connectivity index (χ3v) is 9.48. The molecule has 0 fully saturated rings. The van der Waals surface area contributed by atoms with Gasteiger partial charge in [-0.15, -0.1) is 0 Å². The molecule has 0 radical (unpaired) electrons. The number of furan rings is 1. The summed E-state index contributed by atoms with van der Waals surface area (Å²) in [4.78, 5) is 0. The van der Waals surface area contributed by atoms with Crippen molar-refractivity contribution in [3.8, 4) is 17.2 Å². The molecule has 0 bridgehead atoms. The number of hydrogen-bond acceptors (Lipinski definition) is 2. The Balaban J connectivity index is 1.27. The molecule has 46 heavy (non-hydrogen) atoms. The van der Waals surface area contributed by atoms with E-state index in [9.17, 15) is 0 Å². The molecule has 0 amide bonds. The van der Waals surface area contributed by atoms with E-state index >= 15 is 0 Å². The molecule has 1 aliphatic heterocycles. The van der Waals surface area contributed by atoms with E-state index < -0.39 is 0 Å². The molecule has 2 aromatic heterocycles. The van der Waals surface area contributed by atoms with Gasteiger partial charge in [0.05, 0.1) is 11.0 Å². The monoisotopic (exact) mass is 591 g/mol. The molecule has 0 aliphatic carbocycles. The molecule has 4 heteroatoms. The fraction of sp³-hybridized carbons (Fsp3) is 0. The minimum Gasteiger partial charge on any atom is -0.456 e. The zero-order chi connectivity index (χ0) is 30.2. The van der Waals surface area contributed by atoms with Crippen LogP contribution in [0.15, 0.2) is 168 Å². The highest BCUT2D eigenvalue weighted by Gasteiger charge is 2.46. The van der Waals surface area contributed by atoms with E-state index in [1.165, 1.54) is 21.8 Å². The van der Waals surface area contributed by atoms with Gasteiger partial charge in [0.1, 0.15) is 22.5 Å². The van der Waals surface area contributed by atoms with E-state index in [0.717, 1.165) is 61.9 Å².